The molecule has 2 aromatic rings. The van der Waals surface area contributed by atoms with Crippen molar-refractivity contribution in [2.24, 2.45) is 0 Å². The Bertz CT molecular complexity index is 609. The first-order valence-corrected chi connectivity index (χ1v) is 9.30. The molecule has 22 heavy (non-hydrogen) atoms. The second-order valence-electron chi connectivity index (χ2n) is 5.15. The minimum absolute atomic E-state index is 0.0499. The Hall–Kier alpha value is -0.920. The van der Waals surface area contributed by atoms with Gasteiger partial charge in [-0.25, -0.2) is 0 Å². The lowest BCUT2D eigenvalue weighted by Crippen LogP contribution is -3.15. The maximum atomic E-state index is 12.2. The molecule has 3 rings (SSSR count). The first-order chi connectivity index (χ1) is 10.7. The van der Waals surface area contributed by atoms with Gasteiger partial charge in [0.2, 0.25) is 0 Å². The quantitative estimate of drug-likeness (QED) is 0.857. The van der Waals surface area contributed by atoms with Crippen LogP contribution in [0.5, 0.6) is 0 Å². The molecule has 0 spiro atoms. The standard InChI is InChI=1S/C15H17ClN2O2S2/c16-14-4-3-13(22-14)15(19)17-10-11(12-2-1-9-21-12)18-5-7-20-8-6-18/h1-4,9,11H,5-8,10H2,(H,17,19)/p+1/t11-/m0/s1. The molecule has 1 aliphatic rings. The number of amides is 1. The van der Waals surface area contributed by atoms with Gasteiger partial charge in [0.15, 0.2) is 0 Å². The zero-order chi connectivity index (χ0) is 15.4. The Morgan fingerprint density at radius 2 is 2.18 bits per heavy atom. The average Bonchev–Trinajstić information content (AvgIpc) is 3.20. The molecule has 3 heterocycles. The fourth-order valence-electron chi connectivity index (χ4n) is 2.64. The molecular formula is C15H18ClN2O2S2+. The number of thiophene rings is 2. The molecule has 0 bridgehead atoms. The lowest BCUT2D eigenvalue weighted by Gasteiger charge is -2.31. The monoisotopic (exact) mass is 357 g/mol. The van der Waals surface area contributed by atoms with Gasteiger partial charge in [0.05, 0.1) is 33.8 Å². The van der Waals surface area contributed by atoms with Crippen LogP contribution in [0.1, 0.15) is 20.6 Å². The molecule has 1 atom stereocenters. The molecule has 0 unspecified atom stereocenters. The highest BCUT2D eigenvalue weighted by Gasteiger charge is 2.27. The van der Waals surface area contributed by atoms with Crippen LogP contribution in [0, 0.1) is 0 Å². The predicted molar refractivity (Wildman–Crippen MR) is 90.2 cm³/mol. The van der Waals surface area contributed by atoms with Crippen LogP contribution in [0.3, 0.4) is 0 Å². The third-order valence-corrected chi connectivity index (χ3v) is 5.99. The zero-order valence-electron chi connectivity index (χ0n) is 12.0. The molecule has 0 saturated carbocycles. The van der Waals surface area contributed by atoms with Gasteiger partial charge in [0.25, 0.3) is 5.91 Å². The van der Waals surface area contributed by atoms with E-state index in [-0.39, 0.29) is 11.9 Å². The summed E-state index contributed by atoms with van der Waals surface area (Å²) in [5, 5.41) is 5.14. The van der Waals surface area contributed by atoms with Crippen molar-refractivity contribution in [3.63, 3.8) is 0 Å². The van der Waals surface area contributed by atoms with E-state index < -0.39 is 0 Å². The molecule has 1 saturated heterocycles. The summed E-state index contributed by atoms with van der Waals surface area (Å²) in [6, 6.07) is 8.01. The molecule has 4 nitrogen and oxygen atoms in total. The van der Waals surface area contributed by atoms with Crippen LogP contribution < -0.4 is 10.2 Å². The summed E-state index contributed by atoms with van der Waals surface area (Å²) in [4.78, 5) is 15.7. The number of hydrogen-bond donors (Lipinski definition) is 2. The van der Waals surface area contributed by atoms with E-state index in [0.717, 1.165) is 26.3 Å². The van der Waals surface area contributed by atoms with Crippen molar-refractivity contribution in [2.75, 3.05) is 32.8 Å². The Kier molecular flexibility index (Phi) is 5.49. The second kappa shape index (κ2) is 7.57. The van der Waals surface area contributed by atoms with Crippen molar-refractivity contribution in [1.82, 2.24) is 5.32 Å². The van der Waals surface area contributed by atoms with E-state index in [1.807, 2.05) is 0 Å². The number of morpholine rings is 1. The molecule has 118 valence electrons. The Morgan fingerprint density at radius 1 is 1.36 bits per heavy atom. The van der Waals surface area contributed by atoms with Crippen molar-refractivity contribution in [3.05, 3.63) is 43.7 Å². The van der Waals surface area contributed by atoms with Gasteiger partial charge in [-0.15, -0.1) is 22.7 Å². The minimum Gasteiger partial charge on any atom is -0.370 e. The van der Waals surface area contributed by atoms with E-state index in [4.69, 9.17) is 16.3 Å². The first-order valence-electron chi connectivity index (χ1n) is 7.23. The highest BCUT2D eigenvalue weighted by molar-refractivity contribution is 7.18. The van der Waals surface area contributed by atoms with Gasteiger partial charge < -0.3 is 15.0 Å². The fourth-order valence-corrected chi connectivity index (χ4v) is 4.48. The van der Waals surface area contributed by atoms with Gasteiger partial charge in [-0.1, -0.05) is 17.7 Å². The largest absolute Gasteiger partial charge is 0.370 e. The van der Waals surface area contributed by atoms with E-state index in [2.05, 4.69) is 22.8 Å². The summed E-state index contributed by atoms with van der Waals surface area (Å²) < 4.78 is 6.08. The molecule has 2 N–H and O–H groups in total. The normalized spacial score (nSPS) is 17.3. The van der Waals surface area contributed by atoms with E-state index in [1.165, 1.54) is 21.1 Å². The summed E-state index contributed by atoms with van der Waals surface area (Å²) in [6.45, 7) is 4.15. The summed E-state index contributed by atoms with van der Waals surface area (Å²) in [5.74, 6) is -0.0499. The van der Waals surface area contributed by atoms with Crippen LogP contribution >= 0.6 is 34.3 Å². The van der Waals surface area contributed by atoms with Crippen LogP contribution in [0.2, 0.25) is 4.34 Å². The Morgan fingerprint density at radius 3 is 2.82 bits per heavy atom. The molecular weight excluding hydrogens is 340 g/mol. The first kappa shape index (κ1) is 16.0. The van der Waals surface area contributed by atoms with Gasteiger partial charge in [0.1, 0.15) is 19.1 Å². The maximum Gasteiger partial charge on any atom is 0.261 e. The number of carbonyl (C=O) groups is 1. The number of halogens is 1. The van der Waals surface area contributed by atoms with Gasteiger partial charge in [-0.2, -0.15) is 0 Å². The number of hydrogen-bond acceptors (Lipinski definition) is 4. The maximum absolute atomic E-state index is 12.2. The summed E-state index contributed by atoms with van der Waals surface area (Å²) in [5.41, 5.74) is 0. The van der Waals surface area contributed by atoms with Crippen LogP contribution in [-0.2, 0) is 4.74 Å². The van der Waals surface area contributed by atoms with Crippen molar-refractivity contribution >= 4 is 40.2 Å². The molecule has 1 aliphatic heterocycles. The average molecular weight is 358 g/mol. The Balaban J connectivity index is 1.66. The molecule has 1 fully saturated rings. The number of carbonyl (C=O) groups excluding carboxylic acids is 1. The van der Waals surface area contributed by atoms with Crippen molar-refractivity contribution < 1.29 is 14.4 Å². The van der Waals surface area contributed by atoms with Gasteiger partial charge >= 0.3 is 0 Å². The predicted octanol–water partition coefficient (Wildman–Crippen LogP) is 1.85. The van der Waals surface area contributed by atoms with Crippen LogP contribution in [0.25, 0.3) is 0 Å². The molecule has 0 radical (unpaired) electrons. The highest BCUT2D eigenvalue weighted by atomic mass is 35.5. The third kappa shape index (κ3) is 3.88. The highest BCUT2D eigenvalue weighted by Crippen LogP contribution is 2.21. The van der Waals surface area contributed by atoms with Crippen molar-refractivity contribution in [2.45, 2.75) is 6.04 Å². The lowest BCUT2D eigenvalue weighted by atomic mass is 10.2. The second-order valence-corrected chi connectivity index (χ2v) is 7.85. The minimum atomic E-state index is -0.0499. The molecule has 7 heteroatoms. The number of quaternary nitrogens is 1. The fraction of sp³-hybridized carbons (Fsp3) is 0.400. The number of rotatable bonds is 5. The SMILES string of the molecule is O=C(NC[C@@H](c1cccs1)[NH+]1CCOCC1)c1ccc(Cl)s1. The smallest absolute Gasteiger partial charge is 0.261 e. The number of nitrogens with one attached hydrogen (secondary N) is 2. The third-order valence-electron chi connectivity index (χ3n) is 3.78. The lowest BCUT2D eigenvalue weighted by molar-refractivity contribution is -0.937. The van der Waals surface area contributed by atoms with Crippen LogP contribution in [-0.4, -0.2) is 38.8 Å². The summed E-state index contributed by atoms with van der Waals surface area (Å²) in [6.07, 6.45) is 0. The van der Waals surface area contributed by atoms with Gasteiger partial charge in [-0.05, 0) is 23.6 Å². The summed E-state index contributed by atoms with van der Waals surface area (Å²) in [7, 11) is 0. The van der Waals surface area contributed by atoms with Crippen LogP contribution in [0.4, 0.5) is 0 Å². The Labute approximate surface area is 142 Å². The van der Waals surface area contributed by atoms with E-state index in [1.54, 1.807) is 23.5 Å². The van der Waals surface area contributed by atoms with Crippen molar-refractivity contribution in [3.8, 4) is 0 Å². The molecule has 2 aromatic heterocycles. The molecule has 0 aliphatic carbocycles. The van der Waals surface area contributed by atoms with E-state index in [9.17, 15) is 4.79 Å². The topological polar surface area (TPSA) is 42.8 Å². The van der Waals surface area contributed by atoms with Gasteiger partial charge in [0, 0.05) is 0 Å². The van der Waals surface area contributed by atoms with E-state index in [0.29, 0.717) is 15.8 Å². The zero-order valence-corrected chi connectivity index (χ0v) is 14.4. The molecule has 0 aromatic carbocycles. The van der Waals surface area contributed by atoms with Crippen molar-refractivity contribution in [1.29, 1.82) is 0 Å². The van der Waals surface area contributed by atoms with Gasteiger partial charge in [-0.3, -0.25) is 4.79 Å². The van der Waals surface area contributed by atoms with Crippen LogP contribution in [0.15, 0.2) is 29.6 Å². The molecule has 1 amide bonds. The van der Waals surface area contributed by atoms with E-state index >= 15 is 0 Å². The summed E-state index contributed by atoms with van der Waals surface area (Å²) >= 11 is 8.95. The number of ether oxygens (including phenoxy) is 1.